The molecule has 0 aliphatic heterocycles. The fourth-order valence-corrected chi connectivity index (χ4v) is 5.30. The van der Waals surface area contributed by atoms with Gasteiger partial charge in [-0.15, -0.1) is 10.2 Å². The van der Waals surface area contributed by atoms with Gasteiger partial charge in [-0.1, -0.05) is 49.4 Å². The number of pyridine rings is 1. The molecule has 0 spiro atoms. The van der Waals surface area contributed by atoms with Crippen LogP contribution in [0.4, 0.5) is 0 Å². The molecule has 0 amide bonds. The summed E-state index contributed by atoms with van der Waals surface area (Å²) >= 11 is 0. The first kappa shape index (κ1) is 22.1. The fourth-order valence-electron chi connectivity index (χ4n) is 4.01. The van der Waals surface area contributed by atoms with Crippen molar-refractivity contribution in [3.8, 4) is 11.3 Å². The Morgan fingerprint density at radius 1 is 1.00 bits per heavy atom. The van der Waals surface area contributed by atoms with Gasteiger partial charge in [-0.3, -0.25) is 4.98 Å². The van der Waals surface area contributed by atoms with E-state index in [1.54, 1.807) is 36.0 Å². The van der Waals surface area contributed by atoms with Gasteiger partial charge in [-0.25, -0.2) is 13.1 Å². The van der Waals surface area contributed by atoms with E-state index < -0.39 is 10.0 Å². The van der Waals surface area contributed by atoms with Crippen LogP contribution in [0.3, 0.4) is 0 Å². The second-order valence-corrected chi connectivity index (χ2v) is 9.90. The highest BCUT2D eigenvalue weighted by molar-refractivity contribution is 7.89. The van der Waals surface area contributed by atoms with Crippen molar-refractivity contribution < 1.29 is 8.42 Å². The minimum atomic E-state index is -3.76. The van der Waals surface area contributed by atoms with Gasteiger partial charge in [0.15, 0.2) is 11.5 Å². The molecule has 5 aromatic rings. The molecule has 5 rings (SSSR count). The topological polar surface area (TPSA) is 102 Å². The van der Waals surface area contributed by atoms with Crippen LogP contribution in [-0.2, 0) is 23.0 Å². The Bertz CT molecular complexity index is 1600. The lowest BCUT2D eigenvalue weighted by Gasteiger charge is -2.13. The summed E-state index contributed by atoms with van der Waals surface area (Å²) in [4.78, 5) is 4.26. The van der Waals surface area contributed by atoms with Crippen LogP contribution < -0.4 is 4.72 Å². The second kappa shape index (κ2) is 8.92. The van der Waals surface area contributed by atoms with E-state index in [2.05, 4.69) is 26.8 Å². The molecule has 0 aliphatic carbocycles. The van der Waals surface area contributed by atoms with Gasteiger partial charge in [0.05, 0.1) is 10.6 Å². The van der Waals surface area contributed by atoms with Crippen molar-refractivity contribution >= 4 is 26.4 Å². The predicted molar refractivity (Wildman–Crippen MR) is 131 cm³/mol. The zero-order valence-electron chi connectivity index (χ0n) is 18.9. The second-order valence-electron chi connectivity index (χ2n) is 8.16. The fraction of sp³-hybridized carbons (Fsp3) is 0.200. The van der Waals surface area contributed by atoms with Crippen LogP contribution in [0, 0.1) is 6.92 Å². The maximum absolute atomic E-state index is 13.2. The van der Waals surface area contributed by atoms with Gasteiger partial charge in [-0.2, -0.15) is 9.61 Å². The average Bonchev–Trinajstić information content (AvgIpc) is 3.26. The number of hydrogen-bond acceptors (Lipinski definition) is 6. The molecular weight excluding hydrogens is 448 g/mol. The van der Waals surface area contributed by atoms with E-state index in [1.165, 1.54) is 0 Å². The summed E-state index contributed by atoms with van der Waals surface area (Å²) in [7, 11) is -3.76. The number of aryl methyl sites for hydroxylation is 2. The lowest BCUT2D eigenvalue weighted by atomic mass is 10.0. The minimum Gasteiger partial charge on any atom is -0.264 e. The standard InChI is InChI=1S/C25H24N6O2S/c1-3-7-23-28-29-25-21-10-5-4-9-20(21)24(30-31(23)25)19-12-11-17(2)22(14-19)34(32,33)27-16-18-8-6-13-26-15-18/h4-6,8-15,27H,3,7,16H2,1-2H3. The van der Waals surface area contributed by atoms with Gasteiger partial charge in [-0.05, 0) is 36.6 Å². The summed E-state index contributed by atoms with van der Waals surface area (Å²) < 4.78 is 30.9. The van der Waals surface area contributed by atoms with Crippen molar-refractivity contribution in [1.29, 1.82) is 0 Å². The first-order chi connectivity index (χ1) is 16.5. The quantitative estimate of drug-likeness (QED) is 0.383. The van der Waals surface area contributed by atoms with Crippen LogP contribution >= 0.6 is 0 Å². The monoisotopic (exact) mass is 472 g/mol. The van der Waals surface area contributed by atoms with Crippen molar-refractivity contribution in [3.63, 3.8) is 0 Å². The molecule has 2 aromatic carbocycles. The molecule has 3 aromatic heterocycles. The normalized spacial score (nSPS) is 11.9. The highest BCUT2D eigenvalue weighted by atomic mass is 32.2. The molecule has 0 fully saturated rings. The zero-order valence-corrected chi connectivity index (χ0v) is 19.7. The largest absolute Gasteiger partial charge is 0.264 e. The van der Waals surface area contributed by atoms with Crippen molar-refractivity contribution in [2.45, 2.75) is 38.1 Å². The van der Waals surface area contributed by atoms with Gasteiger partial charge in [0, 0.05) is 41.7 Å². The maximum Gasteiger partial charge on any atom is 0.241 e. The first-order valence-electron chi connectivity index (χ1n) is 11.1. The molecule has 0 bridgehead atoms. The Kier molecular flexibility index (Phi) is 5.80. The van der Waals surface area contributed by atoms with E-state index in [-0.39, 0.29) is 11.4 Å². The summed E-state index contributed by atoms with van der Waals surface area (Å²) in [6.07, 6.45) is 4.96. The van der Waals surface area contributed by atoms with Crippen LogP contribution in [0.5, 0.6) is 0 Å². The van der Waals surface area contributed by atoms with E-state index in [1.807, 2.05) is 42.5 Å². The summed E-state index contributed by atoms with van der Waals surface area (Å²) in [5.74, 6) is 0.780. The third-order valence-corrected chi connectivity index (χ3v) is 7.29. The summed E-state index contributed by atoms with van der Waals surface area (Å²) in [6.45, 7) is 4.03. The Morgan fingerprint density at radius 2 is 1.82 bits per heavy atom. The smallest absolute Gasteiger partial charge is 0.241 e. The Morgan fingerprint density at radius 3 is 2.59 bits per heavy atom. The molecule has 0 atom stereocenters. The molecule has 0 radical (unpaired) electrons. The molecule has 1 N–H and O–H groups in total. The molecule has 3 heterocycles. The predicted octanol–water partition coefficient (Wildman–Crippen LogP) is 4.08. The lowest BCUT2D eigenvalue weighted by Crippen LogP contribution is -2.24. The van der Waals surface area contributed by atoms with E-state index in [0.717, 1.165) is 35.0 Å². The molecular formula is C25H24N6O2S. The zero-order chi connectivity index (χ0) is 23.7. The number of aromatic nitrogens is 5. The molecule has 0 saturated carbocycles. The highest BCUT2D eigenvalue weighted by Crippen LogP contribution is 2.31. The molecule has 8 nitrogen and oxygen atoms in total. The third kappa shape index (κ3) is 4.04. The third-order valence-electron chi connectivity index (χ3n) is 5.74. The van der Waals surface area contributed by atoms with Crippen LogP contribution in [0.2, 0.25) is 0 Å². The number of fused-ring (bicyclic) bond motifs is 3. The van der Waals surface area contributed by atoms with E-state index in [0.29, 0.717) is 22.5 Å². The van der Waals surface area contributed by atoms with Gasteiger partial charge in [0.1, 0.15) is 0 Å². The van der Waals surface area contributed by atoms with Crippen molar-refractivity contribution in [3.05, 3.63) is 83.9 Å². The first-order valence-corrected chi connectivity index (χ1v) is 12.6. The summed E-state index contributed by atoms with van der Waals surface area (Å²) in [6, 6.07) is 16.9. The number of benzene rings is 2. The molecule has 9 heteroatoms. The molecule has 34 heavy (non-hydrogen) atoms. The minimum absolute atomic E-state index is 0.161. The van der Waals surface area contributed by atoms with Crippen LogP contribution in [-0.4, -0.2) is 33.2 Å². The number of rotatable bonds is 7. The number of sulfonamides is 1. The van der Waals surface area contributed by atoms with Crippen LogP contribution in [0.15, 0.2) is 71.9 Å². The van der Waals surface area contributed by atoms with Gasteiger partial charge < -0.3 is 0 Å². The Balaban J connectivity index is 1.62. The van der Waals surface area contributed by atoms with E-state index in [9.17, 15) is 8.42 Å². The van der Waals surface area contributed by atoms with Gasteiger partial charge >= 0.3 is 0 Å². The average molecular weight is 473 g/mol. The Labute approximate surface area is 197 Å². The molecule has 0 saturated heterocycles. The number of nitrogens with one attached hydrogen (secondary N) is 1. The van der Waals surface area contributed by atoms with Crippen LogP contribution in [0.25, 0.3) is 27.7 Å². The summed E-state index contributed by atoms with van der Waals surface area (Å²) in [5, 5.41) is 15.4. The highest BCUT2D eigenvalue weighted by Gasteiger charge is 2.20. The molecule has 0 aliphatic rings. The van der Waals surface area contributed by atoms with Crippen molar-refractivity contribution in [2.75, 3.05) is 0 Å². The van der Waals surface area contributed by atoms with E-state index in [4.69, 9.17) is 5.10 Å². The Hall–Kier alpha value is -3.69. The molecule has 0 unspecified atom stereocenters. The lowest BCUT2D eigenvalue weighted by molar-refractivity contribution is 0.580. The van der Waals surface area contributed by atoms with Crippen molar-refractivity contribution in [2.24, 2.45) is 0 Å². The number of nitrogens with zero attached hydrogens (tertiary/aromatic N) is 5. The van der Waals surface area contributed by atoms with E-state index >= 15 is 0 Å². The molecule has 172 valence electrons. The van der Waals surface area contributed by atoms with Crippen LogP contribution in [0.1, 0.15) is 30.3 Å². The summed E-state index contributed by atoms with van der Waals surface area (Å²) in [5.41, 5.74) is 3.53. The van der Waals surface area contributed by atoms with Gasteiger partial charge in [0.2, 0.25) is 10.0 Å². The van der Waals surface area contributed by atoms with Crippen molar-refractivity contribution in [1.82, 2.24) is 29.5 Å². The maximum atomic E-state index is 13.2. The number of hydrogen-bond donors (Lipinski definition) is 1. The SMILES string of the molecule is CCCc1nnc2c3ccccc3c(-c3ccc(C)c(S(=O)(=O)NCc4cccnc4)c3)nn12. The van der Waals surface area contributed by atoms with Gasteiger partial charge in [0.25, 0.3) is 0 Å².